The molecule has 1 atom stereocenters. The van der Waals surface area contributed by atoms with Gasteiger partial charge in [-0.3, -0.25) is 0 Å². The van der Waals surface area contributed by atoms with E-state index in [1.807, 2.05) is 0 Å². The Balaban J connectivity index is 2.05. The lowest BCUT2D eigenvalue weighted by molar-refractivity contribution is 0.671. The number of hydrogen-bond donors (Lipinski definition) is 1. The molecule has 1 unspecified atom stereocenters. The monoisotopic (exact) mass is 243 g/mol. The molecule has 1 aliphatic rings. The Bertz CT molecular complexity index is 411. The lowest BCUT2D eigenvalue weighted by Crippen LogP contribution is -2.25. The van der Waals surface area contributed by atoms with Crippen molar-refractivity contribution in [3.63, 3.8) is 0 Å². The number of aryl methyl sites for hydroxylation is 2. The van der Waals surface area contributed by atoms with Gasteiger partial charge in [0.25, 0.3) is 0 Å². The van der Waals surface area contributed by atoms with E-state index in [1.54, 1.807) is 0 Å². The fraction of sp³-hybridized carbons (Fsp3) is 0.529. The molecule has 18 heavy (non-hydrogen) atoms. The summed E-state index contributed by atoms with van der Waals surface area (Å²) in [5.74, 6) is 0. The Morgan fingerprint density at radius 3 is 2.50 bits per heavy atom. The van der Waals surface area contributed by atoms with E-state index in [0.29, 0.717) is 0 Å². The maximum absolute atomic E-state index is 6.38. The van der Waals surface area contributed by atoms with Crippen LogP contribution in [-0.4, -0.2) is 6.04 Å². The van der Waals surface area contributed by atoms with E-state index in [1.165, 1.54) is 54.4 Å². The van der Waals surface area contributed by atoms with Gasteiger partial charge in [-0.2, -0.15) is 0 Å². The predicted molar refractivity (Wildman–Crippen MR) is 78.8 cm³/mol. The summed E-state index contributed by atoms with van der Waals surface area (Å²) >= 11 is 0. The van der Waals surface area contributed by atoms with E-state index < -0.39 is 0 Å². The van der Waals surface area contributed by atoms with Crippen molar-refractivity contribution in [3.05, 3.63) is 46.5 Å². The second-order valence-electron chi connectivity index (χ2n) is 5.68. The Morgan fingerprint density at radius 2 is 1.78 bits per heavy atom. The summed E-state index contributed by atoms with van der Waals surface area (Å²) in [5.41, 5.74) is 11.9. The SMILES string of the molecule is Cc1cc(C)cc(CC(N)C2=CCCCCC2)c1. The molecule has 1 aliphatic carbocycles. The minimum absolute atomic E-state index is 0.212. The molecule has 1 aromatic carbocycles. The molecular weight excluding hydrogens is 218 g/mol. The summed E-state index contributed by atoms with van der Waals surface area (Å²) < 4.78 is 0. The smallest absolute Gasteiger partial charge is 0.0294 e. The quantitative estimate of drug-likeness (QED) is 0.796. The van der Waals surface area contributed by atoms with Gasteiger partial charge >= 0.3 is 0 Å². The van der Waals surface area contributed by atoms with Crippen LogP contribution in [0.1, 0.15) is 48.8 Å². The van der Waals surface area contributed by atoms with Crippen LogP contribution in [0.15, 0.2) is 29.8 Å². The minimum Gasteiger partial charge on any atom is -0.324 e. The molecule has 0 radical (unpaired) electrons. The number of nitrogens with two attached hydrogens (primary N) is 1. The van der Waals surface area contributed by atoms with Gasteiger partial charge in [-0.15, -0.1) is 0 Å². The molecule has 1 nitrogen and oxygen atoms in total. The van der Waals surface area contributed by atoms with E-state index in [9.17, 15) is 0 Å². The minimum atomic E-state index is 0.212. The van der Waals surface area contributed by atoms with Crippen molar-refractivity contribution >= 4 is 0 Å². The Kier molecular flexibility index (Phi) is 4.60. The topological polar surface area (TPSA) is 26.0 Å². The highest BCUT2D eigenvalue weighted by molar-refractivity contribution is 5.30. The normalized spacial score (nSPS) is 18.1. The van der Waals surface area contributed by atoms with E-state index in [4.69, 9.17) is 5.73 Å². The van der Waals surface area contributed by atoms with Crippen LogP contribution in [0.5, 0.6) is 0 Å². The highest BCUT2D eigenvalue weighted by Crippen LogP contribution is 2.21. The van der Waals surface area contributed by atoms with E-state index in [0.717, 1.165) is 6.42 Å². The molecule has 0 saturated carbocycles. The molecule has 0 aromatic heterocycles. The molecule has 2 rings (SSSR count). The molecule has 0 spiro atoms. The van der Waals surface area contributed by atoms with Crippen molar-refractivity contribution in [1.29, 1.82) is 0 Å². The lowest BCUT2D eigenvalue weighted by atomic mass is 9.95. The average Bonchev–Trinajstić information content (AvgIpc) is 2.55. The van der Waals surface area contributed by atoms with Crippen molar-refractivity contribution in [2.45, 2.75) is 58.4 Å². The van der Waals surface area contributed by atoms with Crippen LogP contribution in [0, 0.1) is 13.8 Å². The second-order valence-corrected chi connectivity index (χ2v) is 5.68. The number of allylic oxidation sites excluding steroid dienone is 1. The van der Waals surface area contributed by atoms with Crippen LogP contribution in [0.3, 0.4) is 0 Å². The first-order chi connectivity index (χ1) is 8.65. The van der Waals surface area contributed by atoms with Gasteiger partial charge in [0.2, 0.25) is 0 Å². The molecule has 1 aromatic rings. The third kappa shape index (κ3) is 3.71. The largest absolute Gasteiger partial charge is 0.324 e. The summed E-state index contributed by atoms with van der Waals surface area (Å²) in [4.78, 5) is 0. The summed E-state index contributed by atoms with van der Waals surface area (Å²) in [5, 5.41) is 0. The average molecular weight is 243 g/mol. The lowest BCUT2D eigenvalue weighted by Gasteiger charge is -2.16. The molecule has 0 bridgehead atoms. The number of hydrogen-bond acceptors (Lipinski definition) is 1. The zero-order valence-corrected chi connectivity index (χ0v) is 11.7. The van der Waals surface area contributed by atoms with Gasteiger partial charge in [0.1, 0.15) is 0 Å². The first-order valence-corrected chi connectivity index (χ1v) is 7.17. The summed E-state index contributed by atoms with van der Waals surface area (Å²) in [7, 11) is 0. The predicted octanol–water partition coefficient (Wildman–Crippen LogP) is 4.06. The van der Waals surface area contributed by atoms with Crippen LogP contribution in [0.2, 0.25) is 0 Å². The highest BCUT2D eigenvalue weighted by atomic mass is 14.6. The third-order valence-electron chi connectivity index (χ3n) is 3.79. The molecule has 0 aliphatic heterocycles. The first-order valence-electron chi connectivity index (χ1n) is 7.17. The molecule has 1 heteroatoms. The standard InChI is InChI=1S/C17H25N/c1-13-9-14(2)11-15(10-13)12-17(18)16-7-5-3-4-6-8-16/h7,9-11,17H,3-6,8,12,18H2,1-2H3. The fourth-order valence-electron chi connectivity index (χ4n) is 2.95. The van der Waals surface area contributed by atoms with Crippen molar-refractivity contribution < 1.29 is 0 Å². The molecule has 0 heterocycles. The Morgan fingerprint density at radius 1 is 1.06 bits per heavy atom. The second kappa shape index (κ2) is 6.19. The Hall–Kier alpha value is -1.08. The summed E-state index contributed by atoms with van der Waals surface area (Å²) in [6.07, 6.45) is 9.79. The van der Waals surface area contributed by atoms with Gasteiger partial charge in [0, 0.05) is 6.04 Å². The zero-order chi connectivity index (χ0) is 13.0. The summed E-state index contributed by atoms with van der Waals surface area (Å²) in [6, 6.07) is 6.97. The van der Waals surface area contributed by atoms with E-state index in [-0.39, 0.29) is 6.04 Å². The fourth-order valence-corrected chi connectivity index (χ4v) is 2.95. The highest BCUT2D eigenvalue weighted by Gasteiger charge is 2.12. The maximum Gasteiger partial charge on any atom is 0.0294 e. The van der Waals surface area contributed by atoms with Crippen LogP contribution in [0.25, 0.3) is 0 Å². The summed E-state index contributed by atoms with van der Waals surface area (Å²) in [6.45, 7) is 4.32. The molecule has 2 N–H and O–H groups in total. The van der Waals surface area contributed by atoms with Gasteiger partial charge in [-0.25, -0.2) is 0 Å². The van der Waals surface area contributed by atoms with Gasteiger partial charge in [0.15, 0.2) is 0 Å². The molecule has 0 saturated heterocycles. The van der Waals surface area contributed by atoms with E-state index in [2.05, 4.69) is 38.1 Å². The molecule has 0 amide bonds. The van der Waals surface area contributed by atoms with Crippen molar-refractivity contribution in [2.75, 3.05) is 0 Å². The Labute approximate surface area is 111 Å². The van der Waals surface area contributed by atoms with Gasteiger partial charge in [-0.05, 0) is 51.5 Å². The van der Waals surface area contributed by atoms with Gasteiger partial charge in [0.05, 0.1) is 0 Å². The molecular formula is C17H25N. The van der Waals surface area contributed by atoms with Gasteiger partial charge < -0.3 is 5.73 Å². The zero-order valence-electron chi connectivity index (χ0n) is 11.7. The van der Waals surface area contributed by atoms with Crippen LogP contribution in [0.4, 0.5) is 0 Å². The van der Waals surface area contributed by atoms with Crippen LogP contribution in [-0.2, 0) is 6.42 Å². The van der Waals surface area contributed by atoms with Crippen molar-refractivity contribution in [1.82, 2.24) is 0 Å². The maximum atomic E-state index is 6.38. The van der Waals surface area contributed by atoms with Crippen LogP contribution < -0.4 is 5.73 Å². The van der Waals surface area contributed by atoms with Crippen LogP contribution >= 0.6 is 0 Å². The van der Waals surface area contributed by atoms with Crippen molar-refractivity contribution in [2.24, 2.45) is 5.73 Å². The first kappa shape index (κ1) is 13.4. The third-order valence-corrected chi connectivity index (χ3v) is 3.79. The van der Waals surface area contributed by atoms with E-state index >= 15 is 0 Å². The molecule has 0 fully saturated rings. The van der Waals surface area contributed by atoms with Gasteiger partial charge in [-0.1, -0.05) is 47.4 Å². The van der Waals surface area contributed by atoms with Crippen molar-refractivity contribution in [3.8, 4) is 0 Å². The number of benzene rings is 1. The molecule has 98 valence electrons. The number of rotatable bonds is 3.